The molecule has 1 amide bonds. The summed E-state index contributed by atoms with van der Waals surface area (Å²) in [5.41, 5.74) is -0.802. The minimum atomic E-state index is -0.802. The number of rotatable bonds is 5. The van der Waals surface area contributed by atoms with E-state index in [0.29, 0.717) is 10.8 Å². The number of amides is 1. The average Bonchev–Trinajstić information content (AvgIpc) is 3.22. The summed E-state index contributed by atoms with van der Waals surface area (Å²) in [5.74, 6) is 0.364. The molecule has 6 heteroatoms. The maximum Gasteiger partial charge on any atom is 0.259 e. The summed E-state index contributed by atoms with van der Waals surface area (Å²) >= 11 is 9.29. The molecule has 1 aliphatic carbocycles. The van der Waals surface area contributed by atoms with Crippen molar-refractivity contribution in [3.05, 3.63) is 27.7 Å². The van der Waals surface area contributed by atoms with Gasteiger partial charge in [-0.3, -0.25) is 4.79 Å². The van der Waals surface area contributed by atoms with Gasteiger partial charge in [-0.25, -0.2) is 0 Å². The van der Waals surface area contributed by atoms with E-state index in [1.807, 2.05) is 0 Å². The van der Waals surface area contributed by atoms with Crippen molar-refractivity contribution >= 4 is 33.4 Å². The van der Waals surface area contributed by atoms with Gasteiger partial charge in [0.05, 0.1) is 11.1 Å². The molecule has 1 aromatic carbocycles. The molecular weight excluding hydrogens is 344 g/mol. The first kappa shape index (κ1) is 15.1. The van der Waals surface area contributed by atoms with E-state index in [1.165, 1.54) is 0 Å². The van der Waals surface area contributed by atoms with Crippen LogP contribution in [0, 0.1) is 17.2 Å². The third-order valence-electron chi connectivity index (χ3n) is 3.28. The van der Waals surface area contributed by atoms with Crippen LogP contribution in [0.1, 0.15) is 19.8 Å². The van der Waals surface area contributed by atoms with Crippen LogP contribution in [-0.2, 0) is 4.79 Å². The third-order valence-corrected chi connectivity index (χ3v) is 4.07. The summed E-state index contributed by atoms with van der Waals surface area (Å²) in [4.78, 5) is 11.9. The van der Waals surface area contributed by atoms with E-state index >= 15 is 0 Å². The van der Waals surface area contributed by atoms with E-state index in [-0.39, 0.29) is 18.4 Å². The number of nitriles is 1. The van der Waals surface area contributed by atoms with Crippen LogP contribution in [-0.4, -0.2) is 18.1 Å². The van der Waals surface area contributed by atoms with Gasteiger partial charge in [0.25, 0.3) is 5.91 Å². The summed E-state index contributed by atoms with van der Waals surface area (Å²) in [5, 5.41) is 12.3. The van der Waals surface area contributed by atoms with Gasteiger partial charge >= 0.3 is 0 Å². The molecule has 1 fully saturated rings. The molecule has 1 saturated carbocycles. The molecule has 0 heterocycles. The number of hydrogen-bond acceptors (Lipinski definition) is 3. The summed E-state index contributed by atoms with van der Waals surface area (Å²) in [6.45, 7) is 1.58. The molecular formula is C14H14BrClN2O2. The summed E-state index contributed by atoms with van der Waals surface area (Å²) < 4.78 is 6.21. The van der Waals surface area contributed by atoms with Crippen molar-refractivity contribution in [3.63, 3.8) is 0 Å². The number of carbonyl (C=O) groups excluding carboxylic acids is 1. The third kappa shape index (κ3) is 3.65. The topological polar surface area (TPSA) is 62.1 Å². The second-order valence-corrected chi connectivity index (χ2v) is 6.32. The fourth-order valence-corrected chi connectivity index (χ4v) is 2.67. The number of carbonyl (C=O) groups is 1. The zero-order chi connectivity index (χ0) is 14.8. The lowest BCUT2D eigenvalue weighted by molar-refractivity contribution is -0.124. The van der Waals surface area contributed by atoms with Crippen molar-refractivity contribution in [2.75, 3.05) is 6.61 Å². The highest BCUT2D eigenvalue weighted by molar-refractivity contribution is 9.10. The molecule has 2 rings (SSSR count). The first-order valence-corrected chi connectivity index (χ1v) is 7.42. The Morgan fingerprint density at radius 1 is 1.65 bits per heavy atom. The largest absolute Gasteiger partial charge is 0.482 e. The highest BCUT2D eigenvalue weighted by Gasteiger charge is 2.43. The highest BCUT2D eigenvalue weighted by atomic mass is 79.9. The molecule has 1 aliphatic rings. The Morgan fingerprint density at radius 3 is 2.90 bits per heavy atom. The van der Waals surface area contributed by atoms with Gasteiger partial charge in [-0.05, 0) is 43.9 Å². The molecule has 0 aliphatic heterocycles. The van der Waals surface area contributed by atoms with Gasteiger partial charge in [0.15, 0.2) is 6.61 Å². The Labute approximate surface area is 131 Å². The van der Waals surface area contributed by atoms with Gasteiger partial charge < -0.3 is 10.1 Å². The molecule has 20 heavy (non-hydrogen) atoms. The van der Waals surface area contributed by atoms with Crippen LogP contribution >= 0.6 is 27.5 Å². The minimum Gasteiger partial charge on any atom is -0.482 e. The molecule has 0 radical (unpaired) electrons. The summed E-state index contributed by atoms with van der Waals surface area (Å²) in [7, 11) is 0. The number of benzene rings is 1. The molecule has 0 spiro atoms. The van der Waals surface area contributed by atoms with Gasteiger partial charge in [0.2, 0.25) is 0 Å². The second kappa shape index (κ2) is 6.02. The number of halogens is 2. The lowest BCUT2D eigenvalue weighted by Gasteiger charge is -2.22. The van der Waals surface area contributed by atoms with E-state index in [2.05, 4.69) is 27.3 Å². The van der Waals surface area contributed by atoms with Crippen LogP contribution in [0.15, 0.2) is 22.7 Å². The van der Waals surface area contributed by atoms with E-state index in [0.717, 1.165) is 17.3 Å². The van der Waals surface area contributed by atoms with Gasteiger partial charge in [-0.1, -0.05) is 27.5 Å². The van der Waals surface area contributed by atoms with E-state index in [1.54, 1.807) is 25.1 Å². The molecule has 4 nitrogen and oxygen atoms in total. The van der Waals surface area contributed by atoms with Gasteiger partial charge in [-0.15, -0.1) is 0 Å². The molecule has 0 bridgehead atoms. The summed E-state index contributed by atoms with van der Waals surface area (Å²) in [6, 6.07) is 7.33. The molecule has 1 N–H and O–H groups in total. The Bertz CT molecular complexity index is 569. The van der Waals surface area contributed by atoms with Crippen molar-refractivity contribution < 1.29 is 9.53 Å². The van der Waals surface area contributed by atoms with E-state index in [4.69, 9.17) is 16.3 Å². The fourth-order valence-electron chi connectivity index (χ4n) is 1.94. The maximum atomic E-state index is 11.9. The average molecular weight is 358 g/mol. The Morgan fingerprint density at radius 2 is 2.35 bits per heavy atom. The standard InChI is InChI=1S/C14H14BrClN2O2/c1-14(8-17,9-2-3-9)18-13(19)7-20-12-5-4-10(15)6-11(12)16/h4-6,9H,2-3,7H2,1H3,(H,18,19)/t14-/m0/s1. The molecule has 0 saturated heterocycles. The van der Waals surface area contributed by atoms with Crippen molar-refractivity contribution in [1.29, 1.82) is 5.26 Å². The van der Waals surface area contributed by atoms with E-state index in [9.17, 15) is 10.1 Å². The number of ether oxygens (including phenoxy) is 1. The van der Waals surface area contributed by atoms with Crippen LogP contribution in [0.25, 0.3) is 0 Å². The molecule has 106 valence electrons. The van der Waals surface area contributed by atoms with Gasteiger partial charge in [0, 0.05) is 4.47 Å². The lowest BCUT2D eigenvalue weighted by Crippen LogP contribution is -2.48. The predicted molar refractivity (Wildman–Crippen MR) is 79.5 cm³/mol. The van der Waals surface area contributed by atoms with Crippen LogP contribution in [0.4, 0.5) is 0 Å². The quantitative estimate of drug-likeness (QED) is 0.879. The van der Waals surface area contributed by atoms with Crippen LogP contribution in [0.2, 0.25) is 5.02 Å². The number of nitrogens with one attached hydrogen (secondary N) is 1. The van der Waals surface area contributed by atoms with E-state index < -0.39 is 5.54 Å². The van der Waals surface area contributed by atoms with Gasteiger partial charge in [0.1, 0.15) is 11.3 Å². The predicted octanol–water partition coefficient (Wildman–Crippen LogP) is 3.29. The Hall–Kier alpha value is -1.25. The normalized spacial score (nSPS) is 16.9. The highest BCUT2D eigenvalue weighted by Crippen LogP contribution is 2.39. The molecule has 0 unspecified atom stereocenters. The zero-order valence-corrected chi connectivity index (χ0v) is 13.3. The SMILES string of the molecule is C[C@@](C#N)(NC(=O)COc1ccc(Br)cc1Cl)C1CC1. The molecule has 1 aromatic rings. The Balaban J connectivity index is 1.90. The Kier molecular flexibility index (Phi) is 4.56. The zero-order valence-electron chi connectivity index (χ0n) is 11.0. The first-order chi connectivity index (χ1) is 9.44. The maximum absolute atomic E-state index is 11.9. The molecule has 0 aromatic heterocycles. The van der Waals surface area contributed by atoms with Crippen molar-refractivity contribution in [2.45, 2.75) is 25.3 Å². The van der Waals surface area contributed by atoms with Crippen LogP contribution in [0.5, 0.6) is 5.75 Å². The number of nitrogens with zero attached hydrogens (tertiary/aromatic N) is 1. The fraction of sp³-hybridized carbons (Fsp3) is 0.429. The first-order valence-electron chi connectivity index (χ1n) is 6.25. The lowest BCUT2D eigenvalue weighted by atomic mass is 9.98. The molecule has 1 atom stereocenters. The monoisotopic (exact) mass is 356 g/mol. The van der Waals surface area contributed by atoms with Crippen LogP contribution in [0.3, 0.4) is 0 Å². The summed E-state index contributed by atoms with van der Waals surface area (Å²) in [6.07, 6.45) is 1.95. The van der Waals surface area contributed by atoms with Gasteiger partial charge in [-0.2, -0.15) is 5.26 Å². The van der Waals surface area contributed by atoms with Crippen LogP contribution < -0.4 is 10.1 Å². The number of hydrogen-bond donors (Lipinski definition) is 1. The van der Waals surface area contributed by atoms with Crippen molar-refractivity contribution in [1.82, 2.24) is 5.32 Å². The smallest absolute Gasteiger partial charge is 0.259 e. The van der Waals surface area contributed by atoms with Crippen molar-refractivity contribution in [2.24, 2.45) is 5.92 Å². The van der Waals surface area contributed by atoms with Crippen molar-refractivity contribution in [3.8, 4) is 11.8 Å². The second-order valence-electron chi connectivity index (χ2n) is 5.00. The minimum absolute atomic E-state index is 0.161.